The molecule has 0 saturated carbocycles. The zero-order valence-corrected chi connectivity index (χ0v) is 12.1. The van der Waals surface area contributed by atoms with Crippen molar-refractivity contribution in [3.8, 4) is 0 Å². The molecule has 3 N–H and O–H groups in total. The molecular formula is C15H25N3O. The third-order valence-corrected chi connectivity index (χ3v) is 2.95. The van der Waals surface area contributed by atoms with Crippen LogP contribution in [-0.4, -0.2) is 30.4 Å². The number of carbonyl (C=O) groups excluding carboxylic acids is 1. The molecule has 1 amide bonds. The van der Waals surface area contributed by atoms with E-state index >= 15 is 0 Å². The van der Waals surface area contributed by atoms with Crippen molar-refractivity contribution in [2.24, 2.45) is 5.73 Å². The van der Waals surface area contributed by atoms with Crippen LogP contribution in [0.5, 0.6) is 0 Å². The van der Waals surface area contributed by atoms with Gasteiger partial charge in [-0.25, -0.2) is 0 Å². The first-order valence-electron chi connectivity index (χ1n) is 6.77. The number of rotatable bonds is 7. The summed E-state index contributed by atoms with van der Waals surface area (Å²) < 4.78 is 0. The molecule has 4 heteroatoms. The lowest BCUT2D eigenvalue weighted by molar-refractivity contribution is -0.121. The molecule has 1 aromatic rings. The van der Waals surface area contributed by atoms with Gasteiger partial charge < -0.3 is 16.0 Å². The largest absolute Gasteiger partial charge is 0.354 e. The van der Waals surface area contributed by atoms with Crippen LogP contribution in [0.25, 0.3) is 0 Å². The molecule has 0 bridgehead atoms. The smallest absolute Gasteiger partial charge is 0.221 e. The van der Waals surface area contributed by atoms with Gasteiger partial charge in [0.1, 0.15) is 0 Å². The fourth-order valence-corrected chi connectivity index (χ4v) is 1.97. The molecule has 0 saturated heterocycles. The van der Waals surface area contributed by atoms with E-state index in [1.54, 1.807) is 0 Å². The van der Waals surface area contributed by atoms with E-state index in [0.717, 1.165) is 13.1 Å². The minimum atomic E-state index is 0.106. The molecule has 0 aliphatic rings. The van der Waals surface area contributed by atoms with Gasteiger partial charge in [0, 0.05) is 32.1 Å². The highest BCUT2D eigenvalue weighted by Crippen LogP contribution is 2.10. The molecule has 1 rings (SSSR count). The van der Waals surface area contributed by atoms with Crippen LogP contribution >= 0.6 is 0 Å². The number of hydrogen-bond acceptors (Lipinski definition) is 3. The van der Waals surface area contributed by atoms with Crippen molar-refractivity contribution in [2.45, 2.75) is 39.4 Å². The fraction of sp³-hybridized carbons (Fsp3) is 0.533. The number of carbonyl (C=O) groups is 1. The fourth-order valence-electron chi connectivity index (χ4n) is 1.97. The Kier molecular flexibility index (Phi) is 6.53. The van der Waals surface area contributed by atoms with Crippen LogP contribution in [0.1, 0.15) is 31.4 Å². The van der Waals surface area contributed by atoms with Crippen molar-refractivity contribution in [1.29, 1.82) is 0 Å². The summed E-state index contributed by atoms with van der Waals surface area (Å²) >= 11 is 0. The molecule has 106 valence electrons. The van der Waals surface area contributed by atoms with Gasteiger partial charge in [-0.3, -0.25) is 4.79 Å². The van der Waals surface area contributed by atoms with Gasteiger partial charge in [-0.05, 0) is 32.0 Å². The number of nitrogens with two attached hydrogens (primary N) is 1. The van der Waals surface area contributed by atoms with E-state index < -0.39 is 0 Å². The summed E-state index contributed by atoms with van der Waals surface area (Å²) in [5.41, 5.74) is 8.12. The molecule has 0 heterocycles. The average molecular weight is 263 g/mol. The maximum atomic E-state index is 11.6. The van der Waals surface area contributed by atoms with E-state index in [9.17, 15) is 4.79 Å². The lowest BCUT2D eigenvalue weighted by atomic mass is 10.1. The third-order valence-electron chi connectivity index (χ3n) is 2.95. The Morgan fingerprint density at radius 3 is 2.53 bits per heavy atom. The highest BCUT2D eigenvalue weighted by atomic mass is 16.1. The normalized spacial score (nSPS) is 11.1. The van der Waals surface area contributed by atoms with Gasteiger partial charge in [0.05, 0.1) is 0 Å². The Morgan fingerprint density at radius 1 is 1.32 bits per heavy atom. The Hall–Kier alpha value is -1.39. The Balaban J connectivity index is 2.42. The number of nitrogens with zero attached hydrogens (tertiary/aromatic N) is 1. The number of benzene rings is 1. The Bertz CT molecular complexity index is 404. The van der Waals surface area contributed by atoms with E-state index in [-0.39, 0.29) is 11.9 Å². The monoisotopic (exact) mass is 263 g/mol. The average Bonchev–Trinajstić information content (AvgIpc) is 2.36. The lowest BCUT2D eigenvalue weighted by Crippen LogP contribution is -2.33. The highest BCUT2D eigenvalue weighted by molar-refractivity contribution is 5.76. The molecule has 0 spiro atoms. The van der Waals surface area contributed by atoms with E-state index in [0.29, 0.717) is 13.0 Å². The molecule has 0 aliphatic heterocycles. The highest BCUT2D eigenvalue weighted by Gasteiger charge is 2.07. The molecular weight excluding hydrogens is 238 g/mol. The molecule has 4 nitrogen and oxygen atoms in total. The summed E-state index contributed by atoms with van der Waals surface area (Å²) in [5, 5.41) is 2.90. The zero-order valence-electron chi connectivity index (χ0n) is 12.1. The van der Waals surface area contributed by atoms with Crippen molar-refractivity contribution in [2.75, 3.05) is 13.6 Å². The van der Waals surface area contributed by atoms with Gasteiger partial charge in [0.25, 0.3) is 0 Å². The van der Waals surface area contributed by atoms with E-state index in [2.05, 4.69) is 22.3 Å². The summed E-state index contributed by atoms with van der Waals surface area (Å²) in [4.78, 5) is 13.7. The molecule has 0 atom stereocenters. The van der Waals surface area contributed by atoms with E-state index in [4.69, 9.17) is 5.73 Å². The zero-order chi connectivity index (χ0) is 14.3. The van der Waals surface area contributed by atoms with Crippen molar-refractivity contribution >= 4 is 5.91 Å². The first kappa shape index (κ1) is 15.7. The predicted octanol–water partition coefficient (Wildman–Crippen LogP) is 1.49. The molecule has 19 heavy (non-hydrogen) atoms. The summed E-state index contributed by atoms with van der Waals surface area (Å²) in [6.45, 7) is 6.07. The maximum absolute atomic E-state index is 11.6. The SMILES string of the molecule is CC(C)NC(=O)CCN(C)Cc1ccccc1CN. The van der Waals surface area contributed by atoms with Gasteiger partial charge in [0.15, 0.2) is 0 Å². The third kappa shape index (κ3) is 5.85. The van der Waals surface area contributed by atoms with Crippen LogP contribution in [0.15, 0.2) is 24.3 Å². The standard InChI is InChI=1S/C15H25N3O/c1-12(2)17-15(19)8-9-18(3)11-14-7-5-4-6-13(14)10-16/h4-7,12H,8-11,16H2,1-3H3,(H,17,19). The van der Waals surface area contributed by atoms with Crippen molar-refractivity contribution in [3.63, 3.8) is 0 Å². The summed E-state index contributed by atoms with van der Waals surface area (Å²) in [6, 6.07) is 8.37. The molecule has 0 aliphatic carbocycles. The van der Waals surface area contributed by atoms with Gasteiger partial charge >= 0.3 is 0 Å². The van der Waals surface area contributed by atoms with Crippen molar-refractivity contribution < 1.29 is 4.79 Å². The summed E-state index contributed by atoms with van der Waals surface area (Å²) in [6.07, 6.45) is 0.527. The molecule has 0 fully saturated rings. The second-order valence-electron chi connectivity index (χ2n) is 5.18. The minimum Gasteiger partial charge on any atom is -0.354 e. The van der Waals surface area contributed by atoms with Crippen molar-refractivity contribution in [1.82, 2.24) is 10.2 Å². The van der Waals surface area contributed by atoms with Crippen LogP contribution in [0, 0.1) is 0 Å². The van der Waals surface area contributed by atoms with Crippen LogP contribution in [-0.2, 0) is 17.9 Å². The van der Waals surface area contributed by atoms with Crippen LogP contribution in [0.2, 0.25) is 0 Å². The maximum Gasteiger partial charge on any atom is 0.221 e. The topological polar surface area (TPSA) is 58.4 Å². The minimum absolute atomic E-state index is 0.106. The summed E-state index contributed by atoms with van der Waals surface area (Å²) in [7, 11) is 2.02. The van der Waals surface area contributed by atoms with Gasteiger partial charge in [-0.2, -0.15) is 0 Å². The lowest BCUT2D eigenvalue weighted by Gasteiger charge is -2.18. The molecule has 1 aromatic carbocycles. The summed E-state index contributed by atoms with van der Waals surface area (Å²) in [5.74, 6) is 0.106. The first-order valence-corrected chi connectivity index (χ1v) is 6.77. The van der Waals surface area contributed by atoms with Gasteiger partial charge in [0.2, 0.25) is 5.91 Å². The Morgan fingerprint density at radius 2 is 1.95 bits per heavy atom. The van der Waals surface area contributed by atoms with Crippen molar-refractivity contribution in [3.05, 3.63) is 35.4 Å². The predicted molar refractivity (Wildman–Crippen MR) is 78.6 cm³/mol. The molecule has 0 aromatic heterocycles. The first-order chi connectivity index (χ1) is 9.02. The number of hydrogen-bond donors (Lipinski definition) is 2. The van der Waals surface area contributed by atoms with Crippen LogP contribution < -0.4 is 11.1 Å². The molecule has 0 unspecified atom stereocenters. The van der Waals surface area contributed by atoms with Gasteiger partial charge in [-0.1, -0.05) is 24.3 Å². The number of amides is 1. The van der Waals surface area contributed by atoms with E-state index in [1.807, 2.05) is 33.0 Å². The van der Waals surface area contributed by atoms with Crippen LogP contribution in [0.3, 0.4) is 0 Å². The second-order valence-corrected chi connectivity index (χ2v) is 5.18. The number of nitrogens with one attached hydrogen (secondary N) is 1. The second kappa shape index (κ2) is 7.92. The van der Waals surface area contributed by atoms with Crippen LogP contribution in [0.4, 0.5) is 0 Å². The van der Waals surface area contributed by atoms with Gasteiger partial charge in [-0.15, -0.1) is 0 Å². The van der Waals surface area contributed by atoms with E-state index in [1.165, 1.54) is 11.1 Å². The quantitative estimate of drug-likeness (QED) is 0.783. The Labute approximate surface area is 116 Å². The molecule has 0 radical (unpaired) electrons.